The van der Waals surface area contributed by atoms with Gasteiger partial charge in [0.2, 0.25) is 10.0 Å². The quantitative estimate of drug-likeness (QED) is 0.749. The summed E-state index contributed by atoms with van der Waals surface area (Å²) >= 11 is 0. The molecule has 2 heterocycles. The predicted molar refractivity (Wildman–Crippen MR) is 110 cm³/mol. The number of sulfonamides is 1. The molecule has 0 spiro atoms. The van der Waals surface area contributed by atoms with Crippen LogP contribution in [-0.4, -0.2) is 54.8 Å². The molecule has 1 saturated carbocycles. The molecule has 5 nitrogen and oxygen atoms in total. The molecule has 2 fully saturated rings. The third-order valence-electron chi connectivity index (χ3n) is 6.11. The molecule has 7 heteroatoms. The van der Waals surface area contributed by atoms with E-state index in [4.69, 9.17) is 0 Å². The third-order valence-corrected chi connectivity index (χ3v) is 7.99. The van der Waals surface area contributed by atoms with Crippen LogP contribution in [0, 0.1) is 11.7 Å². The number of nitrogens with zero attached hydrogens (tertiary/aromatic N) is 3. The van der Waals surface area contributed by atoms with E-state index in [0.717, 1.165) is 25.2 Å². The van der Waals surface area contributed by atoms with E-state index in [1.165, 1.54) is 49.9 Å². The van der Waals surface area contributed by atoms with Crippen LogP contribution in [0.3, 0.4) is 0 Å². The number of aromatic nitrogens is 1. The molecule has 1 aromatic heterocycles. The molecule has 29 heavy (non-hydrogen) atoms. The molecule has 1 aliphatic heterocycles. The number of rotatable bonds is 5. The van der Waals surface area contributed by atoms with Crippen LogP contribution >= 0.6 is 0 Å². The van der Waals surface area contributed by atoms with E-state index in [0.29, 0.717) is 19.1 Å². The Morgan fingerprint density at radius 1 is 1.00 bits per heavy atom. The van der Waals surface area contributed by atoms with Gasteiger partial charge < -0.3 is 0 Å². The van der Waals surface area contributed by atoms with Gasteiger partial charge in [0.25, 0.3) is 0 Å². The molecule has 2 aromatic rings. The first kappa shape index (κ1) is 20.4. The van der Waals surface area contributed by atoms with Crippen molar-refractivity contribution in [3.63, 3.8) is 0 Å². The Bertz CT molecular complexity index is 899. The zero-order valence-electron chi connectivity index (χ0n) is 16.6. The largest absolute Gasteiger partial charge is 0.299 e. The van der Waals surface area contributed by atoms with Gasteiger partial charge in [0.05, 0.1) is 4.90 Å². The van der Waals surface area contributed by atoms with Gasteiger partial charge in [0.1, 0.15) is 5.82 Å². The van der Waals surface area contributed by atoms with Crippen molar-refractivity contribution in [1.82, 2.24) is 14.2 Å². The minimum Gasteiger partial charge on any atom is -0.299 e. The standard InChI is InChI=1S/C22H28FN3O2S/c23-19-8-10-22(11-9-19)29(27,28)26-14-13-25(21-6-1-2-7-21)16-18(17-26)15-20-5-3-4-12-24-20/h3-5,8-12,18,21H,1-2,6-7,13-17H2/t18-/m0/s1. The summed E-state index contributed by atoms with van der Waals surface area (Å²) in [6.07, 6.45) is 7.43. The molecule has 1 atom stereocenters. The van der Waals surface area contributed by atoms with Crippen LogP contribution in [0.25, 0.3) is 0 Å². The van der Waals surface area contributed by atoms with E-state index in [1.807, 2.05) is 18.2 Å². The zero-order valence-corrected chi connectivity index (χ0v) is 17.4. The Kier molecular flexibility index (Phi) is 6.27. The van der Waals surface area contributed by atoms with Gasteiger partial charge in [-0.1, -0.05) is 18.9 Å². The van der Waals surface area contributed by atoms with Gasteiger partial charge in [0.15, 0.2) is 0 Å². The van der Waals surface area contributed by atoms with E-state index in [9.17, 15) is 12.8 Å². The number of hydrogen-bond acceptors (Lipinski definition) is 4. The number of pyridine rings is 1. The zero-order chi connectivity index (χ0) is 20.3. The highest BCUT2D eigenvalue weighted by molar-refractivity contribution is 7.89. The molecule has 0 amide bonds. The van der Waals surface area contributed by atoms with Crippen molar-refractivity contribution in [3.05, 3.63) is 60.2 Å². The fourth-order valence-corrected chi connectivity index (χ4v) is 6.13. The normalized spacial score (nSPS) is 22.6. The fourth-order valence-electron chi connectivity index (χ4n) is 4.62. The topological polar surface area (TPSA) is 53.5 Å². The van der Waals surface area contributed by atoms with Crippen molar-refractivity contribution >= 4 is 10.0 Å². The first-order valence-corrected chi connectivity index (χ1v) is 11.9. The van der Waals surface area contributed by atoms with Crippen molar-refractivity contribution in [1.29, 1.82) is 0 Å². The van der Waals surface area contributed by atoms with Gasteiger partial charge in [-0.15, -0.1) is 0 Å². The molecule has 0 bridgehead atoms. The molecule has 2 aliphatic rings. The number of hydrogen-bond donors (Lipinski definition) is 0. The Balaban J connectivity index is 1.58. The van der Waals surface area contributed by atoms with Crippen LogP contribution in [0.2, 0.25) is 0 Å². The highest BCUT2D eigenvalue weighted by atomic mass is 32.2. The minimum absolute atomic E-state index is 0.157. The average molecular weight is 418 g/mol. The van der Waals surface area contributed by atoms with E-state index in [-0.39, 0.29) is 10.8 Å². The Hall–Kier alpha value is -1.83. The van der Waals surface area contributed by atoms with Gasteiger partial charge in [-0.3, -0.25) is 9.88 Å². The molecular weight excluding hydrogens is 389 g/mol. The number of halogens is 1. The Morgan fingerprint density at radius 3 is 2.45 bits per heavy atom. The maximum absolute atomic E-state index is 13.3. The molecule has 0 N–H and O–H groups in total. The van der Waals surface area contributed by atoms with E-state index < -0.39 is 15.8 Å². The van der Waals surface area contributed by atoms with Crippen LogP contribution in [0.15, 0.2) is 53.6 Å². The van der Waals surface area contributed by atoms with Crippen molar-refractivity contribution in [2.24, 2.45) is 5.92 Å². The number of benzene rings is 1. The Morgan fingerprint density at radius 2 is 1.76 bits per heavy atom. The van der Waals surface area contributed by atoms with Gasteiger partial charge in [0, 0.05) is 44.1 Å². The van der Waals surface area contributed by atoms with E-state index in [2.05, 4.69) is 9.88 Å². The molecule has 0 radical (unpaired) electrons. The van der Waals surface area contributed by atoms with Crippen LogP contribution in [0.4, 0.5) is 4.39 Å². The lowest BCUT2D eigenvalue weighted by Gasteiger charge is -2.29. The van der Waals surface area contributed by atoms with Gasteiger partial charge in [-0.25, -0.2) is 12.8 Å². The molecule has 1 saturated heterocycles. The summed E-state index contributed by atoms with van der Waals surface area (Å²) in [7, 11) is -3.65. The van der Waals surface area contributed by atoms with Crippen molar-refractivity contribution in [2.75, 3.05) is 26.2 Å². The predicted octanol–water partition coefficient (Wildman–Crippen LogP) is 3.33. The SMILES string of the molecule is O=S(=O)(c1ccc(F)cc1)N1CCN(C2CCCC2)C[C@H](Cc2ccccn2)C1. The average Bonchev–Trinajstić information content (AvgIpc) is 3.17. The first-order chi connectivity index (χ1) is 14.0. The minimum atomic E-state index is -3.65. The highest BCUT2D eigenvalue weighted by Gasteiger charge is 2.34. The molecule has 0 unspecified atom stereocenters. The molecular formula is C22H28FN3O2S. The van der Waals surface area contributed by atoms with Crippen molar-refractivity contribution in [2.45, 2.75) is 43.0 Å². The lowest BCUT2D eigenvalue weighted by molar-refractivity contribution is 0.187. The monoisotopic (exact) mass is 417 g/mol. The Labute approximate surface area is 172 Å². The molecule has 1 aromatic carbocycles. The third kappa shape index (κ3) is 4.85. The summed E-state index contributed by atoms with van der Waals surface area (Å²) in [5.41, 5.74) is 0.991. The molecule has 1 aliphatic carbocycles. The highest BCUT2D eigenvalue weighted by Crippen LogP contribution is 2.28. The van der Waals surface area contributed by atoms with Crippen LogP contribution in [-0.2, 0) is 16.4 Å². The smallest absolute Gasteiger partial charge is 0.243 e. The van der Waals surface area contributed by atoms with E-state index in [1.54, 1.807) is 10.5 Å². The van der Waals surface area contributed by atoms with Crippen molar-refractivity contribution in [3.8, 4) is 0 Å². The lowest BCUT2D eigenvalue weighted by atomic mass is 10.0. The molecule has 4 rings (SSSR count). The maximum atomic E-state index is 13.3. The fraction of sp³-hybridized carbons (Fsp3) is 0.500. The van der Waals surface area contributed by atoms with Gasteiger partial charge >= 0.3 is 0 Å². The maximum Gasteiger partial charge on any atom is 0.243 e. The summed E-state index contributed by atoms with van der Waals surface area (Å²) < 4.78 is 41.4. The summed E-state index contributed by atoms with van der Waals surface area (Å²) in [4.78, 5) is 7.10. The second-order valence-corrected chi connectivity index (χ2v) is 10.1. The van der Waals surface area contributed by atoms with Crippen LogP contribution < -0.4 is 0 Å². The lowest BCUT2D eigenvalue weighted by Crippen LogP contribution is -2.38. The van der Waals surface area contributed by atoms with E-state index >= 15 is 0 Å². The van der Waals surface area contributed by atoms with Crippen LogP contribution in [0.5, 0.6) is 0 Å². The van der Waals surface area contributed by atoms with Crippen molar-refractivity contribution < 1.29 is 12.8 Å². The molecule has 156 valence electrons. The second kappa shape index (κ2) is 8.90. The second-order valence-electron chi connectivity index (χ2n) is 8.14. The summed E-state index contributed by atoms with van der Waals surface area (Å²) in [5, 5.41) is 0. The summed E-state index contributed by atoms with van der Waals surface area (Å²) in [5.74, 6) is -0.261. The van der Waals surface area contributed by atoms with Gasteiger partial charge in [-0.2, -0.15) is 4.31 Å². The summed E-state index contributed by atoms with van der Waals surface area (Å²) in [6.45, 7) is 2.55. The van der Waals surface area contributed by atoms with Gasteiger partial charge in [-0.05, 0) is 61.6 Å². The van der Waals surface area contributed by atoms with Crippen LogP contribution in [0.1, 0.15) is 31.4 Å². The summed E-state index contributed by atoms with van der Waals surface area (Å²) in [6, 6.07) is 11.6. The first-order valence-electron chi connectivity index (χ1n) is 10.4.